The number of amides is 2. The van der Waals surface area contributed by atoms with Gasteiger partial charge in [-0.3, -0.25) is 19.1 Å². The number of hydroxylamine groups is 2. The molecule has 0 spiro atoms. The first-order chi connectivity index (χ1) is 12.0. The number of nitrogens with zero attached hydrogens (tertiary/aromatic N) is 4. The SMILES string of the molecule is CC(C)CCC(=O)N1Cc2ccnn2[C@H](CC(=O)N2CCCCO2)C1. The van der Waals surface area contributed by atoms with E-state index in [2.05, 4.69) is 18.9 Å². The molecule has 0 unspecified atom stereocenters. The molecule has 1 fully saturated rings. The van der Waals surface area contributed by atoms with Crippen LogP contribution < -0.4 is 0 Å². The van der Waals surface area contributed by atoms with Gasteiger partial charge in [-0.1, -0.05) is 13.8 Å². The van der Waals surface area contributed by atoms with E-state index in [0.717, 1.165) is 25.0 Å². The molecule has 7 heteroatoms. The molecule has 2 aliphatic rings. The number of carbonyl (C=O) groups excluding carboxylic acids is 2. The zero-order chi connectivity index (χ0) is 17.8. The lowest BCUT2D eigenvalue weighted by molar-refractivity contribution is -0.198. The van der Waals surface area contributed by atoms with E-state index in [1.165, 1.54) is 5.06 Å². The quantitative estimate of drug-likeness (QED) is 0.818. The normalized spacial score (nSPS) is 20.7. The molecule has 1 saturated heterocycles. The van der Waals surface area contributed by atoms with Crippen molar-refractivity contribution >= 4 is 11.8 Å². The van der Waals surface area contributed by atoms with Crippen LogP contribution in [0.15, 0.2) is 12.3 Å². The first-order valence-corrected chi connectivity index (χ1v) is 9.28. The lowest BCUT2D eigenvalue weighted by Gasteiger charge is -2.35. The minimum Gasteiger partial charge on any atom is -0.335 e. The molecule has 0 saturated carbocycles. The Morgan fingerprint density at radius 1 is 1.32 bits per heavy atom. The Bertz CT molecular complexity index is 607. The zero-order valence-electron chi connectivity index (χ0n) is 15.2. The molecule has 25 heavy (non-hydrogen) atoms. The molecule has 2 aliphatic heterocycles. The largest absolute Gasteiger partial charge is 0.335 e. The molecule has 0 aromatic carbocycles. The molecule has 0 N–H and O–H groups in total. The van der Waals surface area contributed by atoms with Gasteiger partial charge in [0.1, 0.15) is 0 Å². The van der Waals surface area contributed by atoms with Crippen LogP contribution in [0.3, 0.4) is 0 Å². The van der Waals surface area contributed by atoms with E-state index in [9.17, 15) is 9.59 Å². The van der Waals surface area contributed by atoms with Gasteiger partial charge < -0.3 is 4.90 Å². The van der Waals surface area contributed by atoms with E-state index < -0.39 is 0 Å². The summed E-state index contributed by atoms with van der Waals surface area (Å²) in [6.07, 6.45) is 5.47. The standard InChI is InChI=1S/C18H28N4O3/c1-14(2)5-6-17(23)20-12-15-7-8-19-22(15)16(13-20)11-18(24)21-9-3-4-10-25-21/h7-8,14,16H,3-6,9-13H2,1-2H3/t16-/m1/s1. The van der Waals surface area contributed by atoms with Crippen LogP contribution in [0.2, 0.25) is 0 Å². The van der Waals surface area contributed by atoms with Crippen LogP contribution in [0.5, 0.6) is 0 Å². The fraction of sp³-hybridized carbons (Fsp3) is 0.722. The summed E-state index contributed by atoms with van der Waals surface area (Å²) in [7, 11) is 0. The summed E-state index contributed by atoms with van der Waals surface area (Å²) in [5, 5.41) is 5.85. The second-order valence-corrected chi connectivity index (χ2v) is 7.37. The van der Waals surface area contributed by atoms with Gasteiger partial charge in [-0.25, -0.2) is 5.06 Å². The van der Waals surface area contributed by atoms with Gasteiger partial charge in [0.15, 0.2) is 0 Å². The highest BCUT2D eigenvalue weighted by Gasteiger charge is 2.31. The Balaban J connectivity index is 1.66. The molecule has 7 nitrogen and oxygen atoms in total. The van der Waals surface area contributed by atoms with Crippen molar-refractivity contribution in [2.45, 2.75) is 58.5 Å². The summed E-state index contributed by atoms with van der Waals surface area (Å²) in [6.45, 7) is 6.60. The average molecular weight is 348 g/mol. The van der Waals surface area contributed by atoms with Gasteiger partial charge in [-0.15, -0.1) is 0 Å². The summed E-state index contributed by atoms with van der Waals surface area (Å²) in [6, 6.07) is 1.80. The van der Waals surface area contributed by atoms with E-state index in [4.69, 9.17) is 4.84 Å². The maximum atomic E-state index is 12.5. The molecule has 138 valence electrons. The van der Waals surface area contributed by atoms with Gasteiger partial charge in [0.25, 0.3) is 0 Å². The Morgan fingerprint density at radius 2 is 2.16 bits per heavy atom. The molecule has 0 bridgehead atoms. The van der Waals surface area contributed by atoms with E-state index >= 15 is 0 Å². The maximum Gasteiger partial charge on any atom is 0.248 e. The highest BCUT2D eigenvalue weighted by Crippen LogP contribution is 2.25. The first kappa shape index (κ1) is 17.9. The summed E-state index contributed by atoms with van der Waals surface area (Å²) < 4.78 is 1.90. The second-order valence-electron chi connectivity index (χ2n) is 7.37. The predicted molar refractivity (Wildman–Crippen MR) is 92.3 cm³/mol. The van der Waals surface area contributed by atoms with E-state index in [0.29, 0.717) is 45.0 Å². The highest BCUT2D eigenvalue weighted by atomic mass is 16.7. The lowest BCUT2D eigenvalue weighted by atomic mass is 10.1. The minimum atomic E-state index is -0.125. The number of hydrogen-bond donors (Lipinski definition) is 0. The molecule has 0 aliphatic carbocycles. The third-order valence-electron chi connectivity index (χ3n) is 4.86. The Labute approximate surface area is 148 Å². The Kier molecular flexibility index (Phi) is 5.73. The van der Waals surface area contributed by atoms with Gasteiger partial charge in [-0.2, -0.15) is 5.10 Å². The third kappa shape index (κ3) is 4.39. The van der Waals surface area contributed by atoms with E-state index in [-0.39, 0.29) is 17.9 Å². The van der Waals surface area contributed by atoms with Crippen molar-refractivity contribution in [2.24, 2.45) is 5.92 Å². The van der Waals surface area contributed by atoms with Crippen LogP contribution in [-0.4, -0.2) is 51.3 Å². The monoisotopic (exact) mass is 348 g/mol. The topological polar surface area (TPSA) is 67.7 Å². The van der Waals surface area contributed by atoms with Gasteiger partial charge in [0, 0.05) is 25.7 Å². The predicted octanol–water partition coefficient (Wildman–Crippen LogP) is 2.15. The van der Waals surface area contributed by atoms with Crippen molar-refractivity contribution in [3.05, 3.63) is 18.0 Å². The van der Waals surface area contributed by atoms with Crippen molar-refractivity contribution in [3.8, 4) is 0 Å². The van der Waals surface area contributed by atoms with Crippen LogP contribution in [0.25, 0.3) is 0 Å². The van der Waals surface area contributed by atoms with Crippen molar-refractivity contribution in [2.75, 3.05) is 19.7 Å². The van der Waals surface area contributed by atoms with Crippen LogP contribution in [0.1, 0.15) is 57.7 Å². The average Bonchev–Trinajstić information content (AvgIpc) is 3.09. The molecule has 3 rings (SSSR count). The molecule has 2 amide bonds. The number of hydrogen-bond acceptors (Lipinski definition) is 4. The summed E-state index contributed by atoms with van der Waals surface area (Å²) in [5.41, 5.74) is 0.988. The van der Waals surface area contributed by atoms with Gasteiger partial charge in [0.05, 0.1) is 31.3 Å². The first-order valence-electron chi connectivity index (χ1n) is 9.28. The highest BCUT2D eigenvalue weighted by molar-refractivity contribution is 5.77. The summed E-state index contributed by atoms with van der Waals surface area (Å²) >= 11 is 0. The van der Waals surface area contributed by atoms with Crippen LogP contribution in [0, 0.1) is 5.92 Å². The Hall–Kier alpha value is -1.89. The minimum absolute atomic E-state index is 0.0253. The second kappa shape index (κ2) is 7.99. The van der Waals surface area contributed by atoms with Crippen LogP contribution in [0.4, 0.5) is 0 Å². The van der Waals surface area contributed by atoms with Crippen molar-refractivity contribution in [1.82, 2.24) is 19.7 Å². The fourth-order valence-corrected chi connectivity index (χ4v) is 3.40. The van der Waals surface area contributed by atoms with Crippen LogP contribution in [-0.2, 0) is 21.0 Å². The molecular weight excluding hydrogens is 320 g/mol. The summed E-state index contributed by atoms with van der Waals surface area (Å²) in [5.74, 6) is 0.642. The zero-order valence-corrected chi connectivity index (χ0v) is 15.2. The molecule has 1 aromatic heterocycles. The number of fused-ring (bicyclic) bond motifs is 1. The van der Waals surface area contributed by atoms with Crippen molar-refractivity contribution in [1.29, 1.82) is 0 Å². The third-order valence-corrected chi connectivity index (χ3v) is 4.86. The summed E-state index contributed by atoms with van der Waals surface area (Å²) in [4.78, 5) is 32.4. The van der Waals surface area contributed by atoms with E-state index in [1.54, 1.807) is 6.20 Å². The van der Waals surface area contributed by atoms with Crippen molar-refractivity contribution in [3.63, 3.8) is 0 Å². The number of rotatable bonds is 5. The van der Waals surface area contributed by atoms with E-state index in [1.807, 2.05) is 15.6 Å². The molecular formula is C18H28N4O3. The fourth-order valence-electron chi connectivity index (χ4n) is 3.40. The van der Waals surface area contributed by atoms with Gasteiger partial charge in [0.2, 0.25) is 11.8 Å². The van der Waals surface area contributed by atoms with Crippen LogP contribution >= 0.6 is 0 Å². The van der Waals surface area contributed by atoms with Gasteiger partial charge in [-0.05, 0) is 31.2 Å². The molecule has 0 radical (unpaired) electrons. The number of aromatic nitrogens is 2. The lowest BCUT2D eigenvalue weighted by Crippen LogP contribution is -2.44. The Morgan fingerprint density at radius 3 is 2.88 bits per heavy atom. The number of carbonyl (C=O) groups is 2. The smallest absolute Gasteiger partial charge is 0.248 e. The molecule has 3 heterocycles. The molecule has 1 atom stereocenters. The van der Waals surface area contributed by atoms with Crippen molar-refractivity contribution < 1.29 is 14.4 Å². The molecule has 1 aromatic rings. The van der Waals surface area contributed by atoms with Gasteiger partial charge >= 0.3 is 0 Å². The maximum absolute atomic E-state index is 12.5.